The number of carbonyl (C=O) groups excluding carboxylic acids is 1. The zero-order chi connectivity index (χ0) is 12.8. The predicted molar refractivity (Wildman–Crippen MR) is 65.9 cm³/mol. The topological polar surface area (TPSA) is 44.1 Å². The van der Waals surface area contributed by atoms with Crippen LogP contribution < -0.4 is 0 Å². The summed E-state index contributed by atoms with van der Waals surface area (Å²) < 4.78 is 13.3. The van der Waals surface area contributed by atoms with Crippen molar-refractivity contribution in [1.29, 1.82) is 5.26 Å². The molecule has 1 amide bonds. The summed E-state index contributed by atoms with van der Waals surface area (Å²) in [5, 5.41) is 8.64. The monoisotopic (exact) mass is 298 g/mol. The lowest BCUT2D eigenvalue weighted by Crippen LogP contribution is -2.32. The Balaban J connectivity index is 2.93. The SMILES string of the molecule is CCCN(CC#N)C(=O)c1ccc(F)c(Br)c1. The third kappa shape index (κ3) is 3.53. The van der Waals surface area contributed by atoms with E-state index in [1.165, 1.54) is 23.1 Å². The highest BCUT2D eigenvalue weighted by Crippen LogP contribution is 2.18. The molecule has 0 aromatic heterocycles. The maximum absolute atomic E-state index is 13.0. The van der Waals surface area contributed by atoms with E-state index in [1.54, 1.807) is 0 Å². The summed E-state index contributed by atoms with van der Waals surface area (Å²) in [5.74, 6) is -0.669. The molecule has 0 spiro atoms. The molecular weight excluding hydrogens is 287 g/mol. The third-order valence-corrected chi connectivity index (χ3v) is 2.82. The van der Waals surface area contributed by atoms with Gasteiger partial charge in [-0.05, 0) is 40.5 Å². The van der Waals surface area contributed by atoms with Crippen LogP contribution in [-0.2, 0) is 0 Å². The molecule has 17 heavy (non-hydrogen) atoms. The molecule has 3 nitrogen and oxygen atoms in total. The number of amides is 1. The zero-order valence-corrected chi connectivity index (χ0v) is 11.0. The van der Waals surface area contributed by atoms with E-state index in [4.69, 9.17) is 5.26 Å². The van der Waals surface area contributed by atoms with Crippen LogP contribution in [0.4, 0.5) is 4.39 Å². The van der Waals surface area contributed by atoms with Crippen molar-refractivity contribution in [3.8, 4) is 6.07 Å². The molecule has 0 radical (unpaired) electrons. The lowest BCUT2D eigenvalue weighted by atomic mass is 10.2. The summed E-state index contributed by atoms with van der Waals surface area (Å²) in [6.07, 6.45) is 0.774. The quantitative estimate of drug-likeness (QED) is 0.802. The Hall–Kier alpha value is -1.41. The number of hydrogen-bond acceptors (Lipinski definition) is 2. The summed E-state index contributed by atoms with van der Waals surface area (Å²) in [6.45, 7) is 2.49. The lowest BCUT2D eigenvalue weighted by Gasteiger charge is -2.18. The van der Waals surface area contributed by atoms with E-state index >= 15 is 0 Å². The Labute approximate surface area is 108 Å². The normalized spacial score (nSPS) is 9.76. The summed E-state index contributed by atoms with van der Waals surface area (Å²) in [7, 11) is 0. The van der Waals surface area contributed by atoms with Gasteiger partial charge in [0, 0.05) is 12.1 Å². The lowest BCUT2D eigenvalue weighted by molar-refractivity contribution is 0.0776. The molecule has 90 valence electrons. The average molecular weight is 299 g/mol. The molecule has 0 atom stereocenters. The molecule has 5 heteroatoms. The number of nitriles is 1. The first-order chi connectivity index (χ1) is 8.10. The minimum absolute atomic E-state index is 0.0433. The Morgan fingerprint density at radius 3 is 2.82 bits per heavy atom. The van der Waals surface area contributed by atoms with Gasteiger partial charge >= 0.3 is 0 Å². The Morgan fingerprint density at radius 2 is 2.29 bits per heavy atom. The first kappa shape index (κ1) is 13.7. The minimum Gasteiger partial charge on any atom is -0.325 e. The zero-order valence-electron chi connectivity index (χ0n) is 9.41. The van der Waals surface area contributed by atoms with Crippen LogP contribution >= 0.6 is 15.9 Å². The molecule has 1 rings (SSSR count). The Bertz CT molecular complexity index is 456. The van der Waals surface area contributed by atoms with E-state index in [-0.39, 0.29) is 16.9 Å². The Morgan fingerprint density at radius 1 is 1.59 bits per heavy atom. The number of benzene rings is 1. The van der Waals surface area contributed by atoms with Gasteiger partial charge < -0.3 is 4.90 Å². The highest BCUT2D eigenvalue weighted by Gasteiger charge is 2.15. The summed E-state index contributed by atoms with van der Waals surface area (Å²) in [5.41, 5.74) is 0.377. The van der Waals surface area contributed by atoms with E-state index < -0.39 is 5.82 Å². The standard InChI is InChI=1S/C12H12BrFN2O/c1-2-6-16(7-5-15)12(17)9-3-4-11(14)10(13)8-9/h3-4,8H,2,6-7H2,1H3. The van der Waals surface area contributed by atoms with E-state index in [1.807, 2.05) is 13.0 Å². The molecule has 0 heterocycles. The van der Waals surface area contributed by atoms with Crippen LogP contribution in [0.15, 0.2) is 22.7 Å². The fourth-order valence-electron chi connectivity index (χ4n) is 1.42. The van der Waals surface area contributed by atoms with Crippen molar-refractivity contribution in [2.45, 2.75) is 13.3 Å². The first-order valence-electron chi connectivity index (χ1n) is 5.21. The molecule has 1 aromatic rings. The van der Waals surface area contributed by atoms with Crippen molar-refractivity contribution in [2.75, 3.05) is 13.1 Å². The van der Waals surface area contributed by atoms with Crippen molar-refractivity contribution < 1.29 is 9.18 Å². The highest BCUT2D eigenvalue weighted by atomic mass is 79.9. The van der Waals surface area contributed by atoms with Gasteiger partial charge in [-0.15, -0.1) is 0 Å². The Kier molecular flexibility index (Phi) is 5.11. The van der Waals surface area contributed by atoms with Gasteiger partial charge in [0.25, 0.3) is 5.91 Å². The maximum atomic E-state index is 13.0. The number of carbonyl (C=O) groups is 1. The maximum Gasteiger partial charge on any atom is 0.254 e. The smallest absolute Gasteiger partial charge is 0.254 e. The summed E-state index contributed by atoms with van der Waals surface area (Å²) in [4.78, 5) is 13.5. The van der Waals surface area contributed by atoms with Crippen molar-refractivity contribution >= 4 is 21.8 Å². The predicted octanol–water partition coefficient (Wildman–Crippen LogP) is 2.96. The van der Waals surface area contributed by atoms with E-state index in [9.17, 15) is 9.18 Å². The van der Waals surface area contributed by atoms with Gasteiger partial charge in [0.05, 0.1) is 10.5 Å². The fraction of sp³-hybridized carbons (Fsp3) is 0.333. The number of rotatable bonds is 4. The largest absolute Gasteiger partial charge is 0.325 e. The van der Waals surface area contributed by atoms with Gasteiger partial charge in [0.2, 0.25) is 0 Å². The number of nitrogens with zero attached hydrogens (tertiary/aromatic N) is 2. The van der Waals surface area contributed by atoms with Crippen LogP contribution in [0.25, 0.3) is 0 Å². The van der Waals surface area contributed by atoms with Crippen LogP contribution in [0.1, 0.15) is 23.7 Å². The average Bonchev–Trinajstić information content (AvgIpc) is 2.31. The van der Waals surface area contributed by atoms with E-state index in [2.05, 4.69) is 15.9 Å². The molecule has 0 bridgehead atoms. The molecule has 0 aliphatic rings. The number of hydrogen-bond donors (Lipinski definition) is 0. The molecular formula is C12H12BrFN2O. The first-order valence-corrected chi connectivity index (χ1v) is 6.00. The van der Waals surface area contributed by atoms with Crippen molar-refractivity contribution in [3.05, 3.63) is 34.1 Å². The van der Waals surface area contributed by atoms with Gasteiger partial charge in [-0.1, -0.05) is 6.92 Å². The fourth-order valence-corrected chi connectivity index (χ4v) is 1.80. The van der Waals surface area contributed by atoms with Crippen LogP contribution in [-0.4, -0.2) is 23.9 Å². The summed E-state index contributed by atoms with van der Waals surface area (Å²) in [6, 6.07) is 6.03. The van der Waals surface area contributed by atoms with Crippen LogP contribution in [0.2, 0.25) is 0 Å². The van der Waals surface area contributed by atoms with Crippen molar-refractivity contribution in [1.82, 2.24) is 4.90 Å². The van der Waals surface area contributed by atoms with Crippen LogP contribution in [0.3, 0.4) is 0 Å². The molecule has 0 fully saturated rings. The molecule has 0 saturated heterocycles. The highest BCUT2D eigenvalue weighted by molar-refractivity contribution is 9.10. The summed E-state index contributed by atoms with van der Waals surface area (Å²) >= 11 is 3.03. The van der Waals surface area contributed by atoms with Crippen molar-refractivity contribution in [2.24, 2.45) is 0 Å². The minimum atomic E-state index is -0.413. The van der Waals surface area contributed by atoms with Crippen molar-refractivity contribution in [3.63, 3.8) is 0 Å². The second kappa shape index (κ2) is 6.36. The van der Waals surface area contributed by atoms with Crippen LogP contribution in [0, 0.1) is 17.1 Å². The van der Waals surface area contributed by atoms with Gasteiger partial charge in [-0.25, -0.2) is 4.39 Å². The molecule has 0 aliphatic carbocycles. The van der Waals surface area contributed by atoms with Gasteiger partial charge in [0.1, 0.15) is 12.4 Å². The molecule has 0 saturated carbocycles. The van der Waals surface area contributed by atoms with E-state index in [0.717, 1.165) is 6.42 Å². The van der Waals surface area contributed by atoms with Gasteiger partial charge in [-0.2, -0.15) is 5.26 Å². The van der Waals surface area contributed by atoms with Crippen LogP contribution in [0.5, 0.6) is 0 Å². The van der Waals surface area contributed by atoms with Gasteiger partial charge in [0.15, 0.2) is 0 Å². The second-order valence-electron chi connectivity index (χ2n) is 3.51. The number of halogens is 2. The molecule has 0 N–H and O–H groups in total. The third-order valence-electron chi connectivity index (χ3n) is 2.21. The van der Waals surface area contributed by atoms with Gasteiger partial charge in [-0.3, -0.25) is 4.79 Å². The molecule has 0 unspecified atom stereocenters. The molecule has 1 aromatic carbocycles. The molecule has 0 aliphatic heterocycles. The van der Waals surface area contributed by atoms with E-state index in [0.29, 0.717) is 12.1 Å². The second-order valence-corrected chi connectivity index (χ2v) is 4.37.